The van der Waals surface area contributed by atoms with Gasteiger partial charge in [0.25, 0.3) is 0 Å². The van der Waals surface area contributed by atoms with Crippen molar-refractivity contribution in [1.82, 2.24) is 4.57 Å². The molecule has 0 atom stereocenters. The number of hydrogen-bond donors (Lipinski definition) is 0. The van der Waals surface area contributed by atoms with E-state index < -0.39 is 0 Å². The smallest absolute Gasteiger partial charge is 0.0515 e. The molecule has 0 bridgehead atoms. The average molecular weight is 1060 g/mol. The Morgan fingerprint density at radius 2 is 0.476 bits per heavy atom. The Balaban J connectivity index is 0.803. The van der Waals surface area contributed by atoms with Gasteiger partial charge < -0.3 is 14.4 Å². The third-order valence-corrected chi connectivity index (χ3v) is 20.0. The highest BCUT2D eigenvalue weighted by molar-refractivity contribution is 5.92. The number of aromatic nitrogens is 1. The largest absolute Gasteiger partial charge is 0.343 e. The van der Waals surface area contributed by atoms with Crippen LogP contribution in [0.5, 0.6) is 0 Å². The molecule has 0 spiro atoms. The Morgan fingerprint density at radius 3 is 0.732 bits per heavy atom. The van der Waals surface area contributed by atoms with Crippen LogP contribution in [0.2, 0.25) is 0 Å². The summed E-state index contributed by atoms with van der Waals surface area (Å²) >= 11 is 0. The highest BCUT2D eigenvalue weighted by Crippen LogP contribution is 2.56. The second-order valence-electron chi connectivity index (χ2n) is 25.9. The molecular weight excluding hydrogens is 991 g/mol. The van der Waals surface area contributed by atoms with Crippen molar-refractivity contribution in [3.8, 4) is 67.0 Å². The van der Waals surface area contributed by atoms with Crippen molar-refractivity contribution in [3.05, 3.63) is 274 Å². The first-order valence-electron chi connectivity index (χ1n) is 29.4. The molecule has 0 unspecified atom stereocenters. The number of benzene rings is 10. The molecule has 15 rings (SSSR count). The van der Waals surface area contributed by atoms with E-state index in [0.717, 1.165) is 34.1 Å². The summed E-state index contributed by atoms with van der Waals surface area (Å²) in [5.74, 6) is 0. The molecule has 1 aromatic heterocycles. The average Bonchev–Trinajstić information content (AvgIpc) is 3.57. The molecule has 11 aromatic rings. The lowest BCUT2D eigenvalue weighted by Gasteiger charge is -2.30. The van der Waals surface area contributed by atoms with Crippen molar-refractivity contribution in [2.24, 2.45) is 7.05 Å². The van der Waals surface area contributed by atoms with Crippen LogP contribution >= 0.6 is 0 Å². The number of anilines is 6. The number of hydrogen-bond acceptors (Lipinski definition) is 2. The van der Waals surface area contributed by atoms with E-state index in [9.17, 15) is 0 Å². The van der Waals surface area contributed by atoms with E-state index in [1.807, 2.05) is 0 Å². The highest BCUT2D eigenvalue weighted by atomic mass is 15.1. The molecule has 0 fully saturated rings. The molecule has 10 aromatic carbocycles. The standard InChI is InChI=1S/C79H69N3/c1-48-49(2)75(51-30-34-53(35-31-51)82(56-38-42-64-60-22-14-18-26-68(60)78(7,8)72(64)46-56)57-39-43-65-61-23-15-19-27-69(61)79(9,10)73(65)47-57)80(11)74(48)50-28-32-52(33-29-50)81(54-36-40-62-58-20-12-16-24-66(58)76(3,4)70(62)44-54)55-37-41-63-59-21-13-17-25-67(59)77(5,6)71(63)45-55/h12-47H,1-11H3. The second-order valence-corrected chi connectivity index (χ2v) is 25.9. The van der Waals surface area contributed by atoms with Crippen molar-refractivity contribution >= 4 is 34.1 Å². The normalized spacial score (nSPS) is 15.4. The van der Waals surface area contributed by atoms with E-state index >= 15 is 0 Å². The highest BCUT2D eigenvalue weighted by Gasteiger charge is 2.40. The van der Waals surface area contributed by atoms with Crippen LogP contribution in [0.25, 0.3) is 67.0 Å². The van der Waals surface area contributed by atoms with Crippen molar-refractivity contribution in [2.75, 3.05) is 9.80 Å². The van der Waals surface area contributed by atoms with Crippen LogP contribution < -0.4 is 9.80 Å². The van der Waals surface area contributed by atoms with Crippen LogP contribution in [0.4, 0.5) is 34.1 Å². The summed E-state index contributed by atoms with van der Waals surface area (Å²) in [6.07, 6.45) is 0. The molecule has 3 heteroatoms. The van der Waals surface area contributed by atoms with Crippen LogP contribution in [-0.4, -0.2) is 4.57 Å². The van der Waals surface area contributed by atoms with Gasteiger partial charge in [0.05, 0.1) is 11.4 Å². The fourth-order valence-electron chi connectivity index (χ4n) is 15.5. The summed E-state index contributed by atoms with van der Waals surface area (Å²) in [6, 6.07) is 83.0. The van der Waals surface area contributed by atoms with Crippen molar-refractivity contribution in [2.45, 2.75) is 90.9 Å². The SMILES string of the molecule is Cc1c(C)c(-c2ccc(N(c3ccc4c(c3)C(C)(C)c3ccccc3-4)c3ccc4c(c3)C(C)(C)c3ccccc3-4)cc2)n(C)c1-c1ccc(N(c2ccc3c(c2)C(C)(C)c2ccccc2-3)c2ccc3c(c2)C(C)(C)c2ccccc2-3)cc1. The summed E-state index contributed by atoms with van der Waals surface area (Å²) in [4.78, 5) is 4.96. The maximum absolute atomic E-state index is 2.48. The lowest BCUT2D eigenvalue weighted by Crippen LogP contribution is -2.18. The molecule has 0 saturated carbocycles. The van der Waals surface area contributed by atoms with Gasteiger partial charge in [-0.15, -0.1) is 0 Å². The first-order valence-corrected chi connectivity index (χ1v) is 29.4. The summed E-state index contributed by atoms with van der Waals surface area (Å²) < 4.78 is 2.42. The van der Waals surface area contributed by atoms with Gasteiger partial charge in [0, 0.05) is 62.8 Å². The molecule has 1 heterocycles. The van der Waals surface area contributed by atoms with E-state index in [1.165, 1.54) is 123 Å². The third kappa shape index (κ3) is 7.01. The van der Waals surface area contributed by atoms with Crippen LogP contribution in [0.15, 0.2) is 218 Å². The first-order chi connectivity index (χ1) is 39.4. The molecule has 0 N–H and O–H groups in total. The monoisotopic (exact) mass is 1060 g/mol. The maximum atomic E-state index is 2.48. The van der Waals surface area contributed by atoms with Crippen LogP contribution in [0.3, 0.4) is 0 Å². The zero-order chi connectivity index (χ0) is 56.4. The third-order valence-electron chi connectivity index (χ3n) is 20.0. The van der Waals surface area contributed by atoms with Gasteiger partial charge in [-0.3, -0.25) is 0 Å². The van der Waals surface area contributed by atoms with Crippen molar-refractivity contribution in [1.29, 1.82) is 0 Å². The van der Waals surface area contributed by atoms with Gasteiger partial charge in [-0.1, -0.05) is 201 Å². The number of fused-ring (bicyclic) bond motifs is 12. The van der Waals surface area contributed by atoms with Crippen LogP contribution in [0.1, 0.15) is 111 Å². The van der Waals surface area contributed by atoms with Gasteiger partial charge in [-0.05, 0) is 198 Å². The Bertz CT molecular complexity index is 3980. The minimum atomic E-state index is -0.126. The van der Waals surface area contributed by atoms with E-state index in [2.05, 4.69) is 309 Å². The lowest BCUT2D eigenvalue weighted by molar-refractivity contribution is 0.659. The summed E-state index contributed by atoms with van der Waals surface area (Å²) in [6.45, 7) is 23.6. The van der Waals surface area contributed by atoms with Crippen LogP contribution in [-0.2, 0) is 28.7 Å². The Morgan fingerprint density at radius 1 is 0.256 bits per heavy atom. The number of nitrogens with zero attached hydrogens (tertiary/aromatic N) is 3. The molecular formula is C79H69N3. The number of rotatable bonds is 8. The van der Waals surface area contributed by atoms with Crippen LogP contribution in [0, 0.1) is 13.8 Å². The molecule has 4 aliphatic rings. The minimum absolute atomic E-state index is 0.126. The van der Waals surface area contributed by atoms with Gasteiger partial charge in [0.2, 0.25) is 0 Å². The fraction of sp³-hybridized carbons (Fsp3) is 0.190. The molecule has 3 nitrogen and oxygen atoms in total. The Hall–Kier alpha value is -8.92. The predicted octanol–water partition coefficient (Wildman–Crippen LogP) is 21.1. The maximum Gasteiger partial charge on any atom is 0.0515 e. The van der Waals surface area contributed by atoms with Crippen molar-refractivity contribution < 1.29 is 0 Å². The topological polar surface area (TPSA) is 11.4 Å². The minimum Gasteiger partial charge on any atom is -0.343 e. The summed E-state index contributed by atoms with van der Waals surface area (Å²) in [5, 5.41) is 0. The van der Waals surface area contributed by atoms with E-state index in [0.29, 0.717) is 0 Å². The van der Waals surface area contributed by atoms with Gasteiger partial charge in [-0.25, -0.2) is 0 Å². The molecule has 0 saturated heterocycles. The lowest BCUT2D eigenvalue weighted by atomic mass is 9.82. The summed E-state index contributed by atoms with van der Waals surface area (Å²) in [5.41, 5.74) is 35.5. The molecule has 0 radical (unpaired) electrons. The van der Waals surface area contributed by atoms with Gasteiger partial charge in [-0.2, -0.15) is 0 Å². The first kappa shape index (κ1) is 50.1. The zero-order valence-corrected chi connectivity index (χ0v) is 49.1. The zero-order valence-electron chi connectivity index (χ0n) is 49.1. The predicted molar refractivity (Wildman–Crippen MR) is 345 cm³/mol. The molecule has 400 valence electrons. The van der Waals surface area contributed by atoms with Gasteiger partial charge in [0.15, 0.2) is 0 Å². The summed E-state index contributed by atoms with van der Waals surface area (Å²) in [7, 11) is 2.24. The van der Waals surface area contributed by atoms with E-state index in [-0.39, 0.29) is 21.7 Å². The Labute approximate surface area is 484 Å². The molecule has 0 aliphatic heterocycles. The van der Waals surface area contributed by atoms with Gasteiger partial charge in [0.1, 0.15) is 0 Å². The van der Waals surface area contributed by atoms with Gasteiger partial charge >= 0.3 is 0 Å². The van der Waals surface area contributed by atoms with E-state index in [1.54, 1.807) is 0 Å². The molecule has 0 amide bonds. The fourth-order valence-corrected chi connectivity index (χ4v) is 15.5. The molecule has 82 heavy (non-hydrogen) atoms. The van der Waals surface area contributed by atoms with Crippen molar-refractivity contribution in [3.63, 3.8) is 0 Å². The van der Waals surface area contributed by atoms with E-state index in [4.69, 9.17) is 0 Å². The Kier molecular flexibility index (Phi) is 10.7. The molecule has 4 aliphatic carbocycles. The quantitative estimate of drug-likeness (QED) is 0.150. The second kappa shape index (κ2) is 17.5.